The van der Waals surface area contributed by atoms with Crippen molar-refractivity contribution in [2.45, 2.75) is 64.8 Å². The SMILES string of the molecule is CCCCCCCNCCc1ccc(NC(C)(C)C(=O)O)cc1. The quantitative estimate of drug-likeness (QED) is 0.508. The number of hydrogen-bond donors (Lipinski definition) is 3. The monoisotopic (exact) mass is 320 g/mol. The summed E-state index contributed by atoms with van der Waals surface area (Å²) in [5, 5.41) is 15.6. The second-order valence-corrected chi connectivity index (χ2v) is 6.67. The Labute approximate surface area is 140 Å². The zero-order chi connectivity index (χ0) is 17.1. The Morgan fingerprint density at radius 1 is 1.04 bits per heavy atom. The van der Waals surface area contributed by atoms with Gasteiger partial charge >= 0.3 is 5.97 Å². The van der Waals surface area contributed by atoms with Crippen molar-refractivity contribution in [3.8, 4) is 0 Å². The molecule has 0 radical (unpaired) electrons. The number of nitrogens with one attached hydrogen (secondary N) is 2. The normalized spacial score (nSPS) is 11.4. The first-order valence-electron chi connectivity index (χ1n) is 8.77. The van der Waals surface area contributed by atoms with Crippen LogP contribution in [-0.4, -0.2) is 29.7 Å². The van der Waals surface area contributed by atoms with E-state index in [1.165, 1.54) is 37.7 Å². The van der Waals surface area contributed by atoms with Crippen LogP contribution >= 0.6 is 0 Å². The molecule has 0 saturated carbocycles. The molecule has 1 aromatic rings. The van der Waals surface area contributed by atoms with Crippen LogP contribution in [0.15, 0.2) is 24.3 Å². The summed E-state index contributed by atoms with van der Waals surface area (Å²) in [6.45, 7) is 7.64. The second-order valence-electron chi connectivity index (χ2n) is 6.67. The molecule has 1 aromatic carbocycles. The molecule has 0 unspecified atom stereocenters. The summed E-state index contributed by atoms with van der Waals surface area (Å²) < 4.78 is 0. The van der Waals surface area contributed by atoms with Gasteiger partial charge in [-0.05, 0) is 57.5 Å². The van der Waals surface area contributed by atoms with E-state index >= 15 is 0 Å². The molecule has 0 atom stereocenters. The molecule has 0 amide bonds. The largest absolute Gasteiger partial charge is 0.480 e. The lowest BCUT2D eigenvalue weighted by Gasteiger charge is -2.22. The average Bonchev–Trinajstić information content (AvgIpc) is 2.51. The van der Waals surface area contributed by atoms with Gasteiger partial charge in [-0.3, -0.25) is 0 Å². The van der Waals surface area contributed by atoms with Gasteiger partial charge in [0.15, 0.2) is 0 Å². The van der Waals surface area contributed by atoms with Crippen molar-refractivity contribution in [2.24, 2.45) is 0 Å². The minimum Gasteiger partial charge on any atom is -0.480 e. The zero-order valence-corrected chi connectivity index (χ0v) is 14.8. The highest BCUT2D eigenvalue weighted by molar-refractivity contribution is 5.81. The van der Waals surface area contributed by atoms with Crippen LogP contribution in [0.1, 0.15) is 58.4 Å². The second kappa shape index (κ2) is 10.3. The molecule has 3 N–H and O–H groups in total. The van der Waals surface area contributed by atoms with Crippen molar-refractivity contribution in [1.82, 2.24) is 5.32 Å². The van der Waals surface area contributed by atoms with E-state index in [-0.39, 0.29) is 0 Å². The summed E-state index contributed by atoms with van der Waals surface area (Å²) in [5.41, 5.74) is 1.15. The summed E-state index contributed by atoms with van der Waals surface area (Å²) in [7, 11) is 0. The lowest BCUT2D eigenvalue weighted by Crippen LogP contribution is -2.39. The Morgan fingerprint density at radius 2 is 1.70 bits per heavy atom. The summed E-state index contributed by atoms with van der Waals surface area (Å²) in [5.74, 6) is -0.857. The minimum absolute atomic E-state index is 0.838. The standard InChI is InChI=1S/C19H32N2O2/c1-4-5-6-7-8-14-20-15-13-16-9-11-17(12-10-16)21-19(2,3)18(22)23/h9-12,20-21H,4-8,13-15H2,1-3H3,(H,22,23). The van der Waals surface area contributed by atoms with Crippen molar-refractivity contribution < 1.29 is 9.90 Å². The van der Waals surface area contributed by atoms with Crippen LogP contribution in [0.4, 0.5) is 5.69 Å². The molecule has 0 fully saturated rings. The van der Waals surface area contributed by atoms with Crippen molar-refractivity contribution in [3.05, 3.63) is 29.8 Å². The molecule has 1 rings (SSSR count). The molecule has 0 aliphatic rings. The Balaban J connectivity index is 2.23. The Morgan fingerprint density at radius 3 is 2.30 bits per heavy atom. The van der Waals surface area contributed by atoms with E-state index in [2.05, 4.69) is 29.7 Å². The number of hydrogen-bond acceptors (Lipinski definition) is 3. The van der Waals surface area contributed by atoms with Gasteiger partial charge < -0.3 is 15.7 Å². The first-order chi connectivity index (χ1) is 11.0. The maximum Gasteiger partial charge on any atom is 0.328 e. The van der Waals surface area contributed by atoms with Gasteiger partial charge in [0.1, 0.15) is 5.54 Å². The maximum absolute atomic E-state index is 11.1. The van der Waals surface area contributed by atoms with Crippen molar-refractivity contribution in [1.29, 1.82) is 0 Å². The predicted octanol–water partition coefficient (Wildman–Crippen LogP) is 4.06. The lowest BCUT2D eigenvalue weighted by molar-refractivity contribution is -0.141. The fourth-order valence-corrected chi connectivity index (χ4v) is 2.38. The number of carbonyl (C=O) groups is 1. The van der Waals surface area contributed by atoms with Crippen molar-refractivity contribution >= 4 is 11.7 Å². The van der Waals surface area contributed by atoms with E-state index in [4.69, 9.17) is 5.11 Å². The van der Waals surface area contributed by atoms with Crippen LogP contribution in [0.2, 0.25) is 0 Å². The third-order valence-corrected chi connectivity index (χ3v) is 3.99. The zero-order valence-electron chi connectivity index (χ0n) is 14.8. The van der Waals surface area contributed by atoms with E-state index in [1.54, 1.807) is 13.8 Å². The molecule has 0 aliphatic heterocycles. The first kappa shape index (κ1) is 19.5. The Kier molecular flexibility index (Phi) is 8.70. The summed E-state index contributed by atoms with van der Waals surface area (Å²) >= 11 is 0. The average molecular weight is 320 g/mol. The van der Waals surface area contributed by atoms with Crippen LogP contribution < -0.4 is 10.6 Å². The molecule has 4 heteroatoms. The van der Waals surface area contributed by atoms with E-state index in [0.717, 1.165) is 25.2 Å². The highest BCUT2D eigenvalue weighted by atomic mass is 16.4. The maximum atomic E-state index is 11.1. The van der Waals surface area contributed by atoms with Crippen molar-refractivity contribution in [2.75, 3.05) is 18.4 Å². The van der Waals surface area contributed by atoms with E-state index in [0.29, 0.717) is 0 Å². The molecule has 130 valence electrons. The van der Waals surface area contributed by atoms with Crippen molar-refractivity contribution in [3.63, 3.8) is 0 Å². The number of aliphatic carboxylic acids is 1. The van der Waals surface area contributed by atoms with E-state index < -0.39 is 11.5 Å². The van der Waals surface area contributed by atoms with Crippen LogP contribution in [0, 0.1) is 0 Å². The minimum atomic E-state index is -0.957. The molecular weight excluding hydrogens is 288 g/mol. The molecule has 23 heavy (non-hydrogen) atoms. The third-order valence-electron chi connectivity index (χ3n) is 3.99. The van der Waals surface area contributed by atoms with Gasteiger partial charge in [0.25, 0.3) is 0 Å². The molecule has 0 aliphatic carbocycles. The third kappa shape index (κ3) is 8.03. The van der Waals surface area contributed by atoms with Gasteiger partial charge in [-0.2, -0.15) is 0 Å². The van der Waals surface area contributed by atoms with Crippen LogP contribution in [0.3, 0.4) is 0 Å². The fraction of sp³-hybridized carbons (Fsp3) is 0.632. The van der Waals surface area contributed by atoms with Gasteiger partial charge in [0, 0.05) is 5.69 Å². The Hall–Kier alpha value is -1.55. The molecule has 0 heterocycles. The molecule has 0 aromatic heterocycles. The van der Waals surface area contributed by atoms with Crippen LogP contribution in [0.25, 0.3) is 0 Å². The number of benzene rings is 1. The van der Waals surface area contributed by atoms with E-state index in [9.17, 15) is 4.79 Å². The molecule has 0 saturated heterocycles. The Bertz CT molecular complexity index is 455. The summed E-state index contributed by atoms with van der Waals surface area (Å²) in [6, 6.07) is 8.02. The molecule has 4 nitrogen and oxygen atoms in total. The smallest absolute Gasteiger partial charge is 0.328 e. The van der Waals surface area contributed by atoms with Gasteiger partial charge in [0.05, 0.1) is 0 Å². The summed E-state index contributed by atoms with van der Waals surface area (Å²) in [6.07, 6.45) is 7.56. The number of anilines is 1. The molecular formula is C19H32N2O2. The predicted molar refractivity (Wildman–Crippen MR) is 97.1 cm³/mol. The molecule has 0 bridgehead atoms. The van der Waals surface area contributed by atoms with E-state index in [1.807, 2.05) is 12.1 Å². The number of carboxylic acids is 1. The lowest BCUT2D eigenvalue weighted by atomic mass is 10.0. The van der Waals surface area contributed by atoms with Gasteiger partial charge in [-0.1, -0.05) is 44.7 Å². The van der Waals surface area contributed by atoms with Crippen LogP contribution in [-0.2, 0) is 11.2 Å². The molecule has 0 spiro atoms. The first-order valence-corrected chi connectivity index (χ1v) is 8.77. The van der Waals surface area contributed by atoms with Gasteiger partial charge in [-0.15, -0.1) is 0 Å². The number of unbranched alkanes of at least 4 members (excludes halogenated alkanes) is 4. The van der Waals surface area contributed by atoms with Crippen LogP contribution in [0.5, 0.6) is 0 Å². The summed E-state index contributed by atoms with van der Waals surface area (Å²) in [4.78, 5) is 11.1. The number of rotatable bonds is 12. The van der Waals surface area contributed by atoms with Gasteiger partial charge in [0.2, 0.25) is 0 Å². The topological polar surface area (TPSA) is 61.4 Å². The van der Waals surface area contributed by atoms with Gasteiger partial charge in [-0.25, -0.2) is 4.79 Å². The fourth-order valence-electron chi connectivity index (χ4n) is 2.38. The highest BCUT2D eigenvalue weighted by Crippen LogP contribution is 2.16. The number of carboxylic acid groups (broad SMARTS) is 1. The highest BCUT2D eigenvalue weighted by Gasteiger charge is 2.26.